The number of benzene rings is 1. The fourth-order valence-corrected chi connectivity index (χ4v) is 2.51. The topological polar surface area (TPSA) is 67.7 Å². The number of aromatic nitrogens is 2. The number of rotatable bonds is 4. The quantitative estimate of drug-likeness (QED) is 0.509. The first-order chi connectivity index (χ1) is 8.49. The molecule has 0 fully saturated rings. The number of nitrogens with one attached hydrogen (secondary N) is 1. The first-order valence-electron chi connectivity index (χ1n) is 5.26. The van der Waals surface area contributed by atoms with Crippen molar-refractivity contribution in [3.05, 3.63) is 23.8 Å². The first-order valence-corrected chi connectivity index (χ1v) is 6.24. The summed E-state index contributed by atoms with van der Waals surface area (Å²) < 4.78 is 27.9. The maximum absolute atomic E-state index is 13.1. The van der Waals surface area contributed by atoms with Crippen LogP contribution in [-0.4, -0.2) is 21.1 Å². The molecular weight excluding hydrogens is 258 g/mol. The lowest BCUT2D eigenvalue weighted by Crippen LogP contribution is -2.10. The Morgan fingerprint density at radius 2 is 2.11 bits per heavy atom. The number of thioether (sulfide) groups is 1. The van der Waals surface area contributed by atoms with Gasteiger partial charge in [0.15, 0.2) is 16.8 Å². The molecule has 0 aliphatic heterocycles. The van der Waals surface area contributed by atoms with Crippen molar-refractivity contribution in [3.8, 4) is 0 Å². The van der Waals surface area contributed by atoms with Crippen LogP contribution in [-0.2, 0) is 7.05 Å². The van der Waals surface area contributed by atoms with Crippen molar-refractivity contribution in [3.63, 3.8) is 0 Å². The number of halogens is 2. The Kier molecular flexibility index (Phi) is 3.51. The van der Waals surface area contributed by atoms with Crippen LogP contribution < -0.4 is 5.73 Å². The molecule has 1 aromatic heterocycles. The van der Waals surface area contributed by atoms with Crippen molar-refractivity contribution in [2.75, 3.05) is 5.75 Å². The largest absolute Gasteiger partial charge is 0.388 e. The maximum atomic E-state index is 13.1. The number of amidine groups is 1. The molecule has 4 nitrogen and oxygen atoms in total. The Bertz CT molecular complexity index is 609. The third-order valence-electron chi connectivity index (χ3n) is 2.48. The van der Waals surface area contributed by atoms with E-state index < -0.39 is 11.6 Å². The Labute approximate surface area is 107 Å². The van der Waals surface area contributed by atoms with E-state index in [1.807, 2.05) is 0 Å². The highest BCUT2D eigenvalue weighted by atomic mass is 32.2. The minimum absolute atomic E-state index is 0.110. The van der Waals surface area contributed by atoms with E-state index in [-0.39, 0.29) is 5.84 Å². The van der Waals surface area contributed by atoms with Gasteiger partial charge in [-0.3, -0.25) is 5.41 Å². The molecule has 0 spiro atoms. The summed E-state index contributed by atoms with van der Waals surface area (Å²) in [5.41, 5.74) is 6.21. The van der Waals surface area contributed by atoms with Crippen LogP contribution in [0.25, 0.3) is 11.0 Å². The predicted molar refractivity (Wildman–Crippen MR) is 67.9 cm³/mol. The van der Waals surface area contributed by atoms with Gasteiger partial charge in [-0.25, -0.2) is 13.8 Å². The Hall–Kier alpha value is -1.63. The number of aryl methyl sites for hydroxylation is 1. The third kappa shape index (κ3) is 2.45. The van der Waals surface area contributed by atoms with Crippen molar-refractivity contribution >= 4 is 28.6 Å². The summed E-state index contributed by atoms with van der Waals surface area (Å²) in [5.74, 6) is -1.07. The zero-order valence-corrected chi connectivity index (χ0v) is 10.5. The lowest BCUT2D eigenvalue weighted by Gasteiger charge is -2.01. The highest BCUT2D eigenvalue weighted by molar-refractivity contribution is 7.99. The molecule has 1 heterocycles. The molecule has 2 aromatic rings. The highest BCUT2D eigenvalue weighted by Crippen LogP contribution is 2.24. The monoisotopic (exact) mass is 270 g/mol. The Balaban J connectivity index is 2.29. The summed E-state index contributed by atoms with van der Waals surface area (Å²) in [6, 6.07) is 2.21. The number of hydrogen-bond acceptors (Lipinski definition) is 3. The molecule has 0 atom stereocenters. The molecular formula is C11H12F2N4S. The van der Waals surface area contributed by atoms with Gasteiger partial charge in [0, 0.05) is 31.4 Å². The van der Waals surface area contributed by atoms with Crippen LogP contribution in [0.3, 0.4) is 0 Å². The summed E-state index contributed by atoms with van der Waals surface area (Å²) in [5, 5.41) is 7.76. The SMILES string of the molecule is Cn1c(SCCC(=N)N)nc2cc(F)c(F)cc21. The second-order valence-electron chi connectivity index (χ2n) is 3.83. The Morgan fingerprint density at radius 1 is 1.44 bits per heavy atom. The van der Waals surface area contributed by atoms with E-state index in [0.29, 0.717) is 28.4 Å². The molecule has 18 heavy (non-hydrogen) atoms. The molecule has 0 saturated carbocycles. The molecule has 3 N–H and O–H groups in total. The number of imidazole rings is 1. The van der Waals surface area contributed by atoms with Crippen LogP contribution in [0.5, 0.6) is 0 Å². The van der Waals surface area contributed by atoms with Crippen LogP contribution in [0.2, 0.25) is 0 Å². The normalized spacial score (nSPS) is 11.1. The highest BCUT2D eigenvalue weighted by Gasteiger charge is 2.12. The molecule has 0 radical (unpaired) electrons. The fraction of sp³-hybridized carbons (Fsp3) is 0.273. The number of fused-ring (bicyclic) bond motifs is 1. The van der Waals surface area contributed by atoms with Crippen LogP contribution in [0.4, 0.5) is 8.78 Å². The van der Waals surface area contributed by atoms with Crippen molar-refractivity contribution in [1.29, 1.82) is 5.41 Å². The number of hydrogen-bond donors (Lipinski definition) is 2. The third-order valence-corrected chi connectivity index (χ3v) is 3.52. The van der Waals surface area contributed by atoms with Crippen molar-refractivity contribution < 1.29 is 8.78 Å². The smallest absolute Gasteiger partial charge is 0.168 e. The molecule has 7 heteroatoms. The molecule has 0 amide bonds. The molecule has 0 unspecified atom stereocenters. The fourth-order valence-electron chi connectivity index (χ4n) is 1.55. The molecule has 0 aliphatic carbocycles. The zero-order chi connectivity index (χ0) is 13.3. The first kappa shape index (κ1) is 12.8. The molecule has 2 rings (SSSR count). The number of nitrogens with two attached hydrogens (primary N) is 1. The van der Waals surface area contributed by atoms with Gasteiger partial charge >= 0.3 is 0 Å². The Morgan fingerprint density at radius 3 is 2.78 bits per heavy atom. The molecule has 0 saturated heterocycles. The minimum atomic E-state index is -0.902. The lowest BCUT2D eigenvalue weighted by atomic mass is 10.3. The summed E-state index contributed by atoms with van der Waals surface area (Å²) >= 11 is 1.40. The second kappa shape index (κ2) is 4.93. The minimum Gasteiger partial charge on any atom is -0.388 e. The molecule has 1 aromatic carbocycles. The molecule has 96 valence electrons. The second-order valence-corrected chi connectivity index (χ2v) is 4.89. The van der Waals surface area contributed by atoms with Gasteiger partial charge in [-0.05, 0) is 0 Å². The number of nitrogens with zero attached hydrogens (tertiary/aromatic N) is 2. The van der Waals surface area contributed by atoms with Crippen molar-refractivity contribution in [2.24, 2.45) is 12.8 Å². The van der Waals surface area contributed by atoms with Crippen LogP contribution in [0.15, 0.2) is 17.3 Å². The van der Waals surface area contributed by atoms with Crippen molar-refractivity contribution in [2.45, 2.75) is 11.6 Å². The van der Waals surface area contributed by atoms with Gasteiger partial charge in [-0.2, -0.15) is 0 Å². The summed E-state index contributed by atoms with van der Waals surface area (Å²) in [6.45, 7) is 0. The van der Waals surface area contributed by atoms with Gasteiger partial charge in [0.05, 0.1) is 16.9 Å². The summed E-state index contributed by atoms with van der Waals surface area (Å²) in [6.07, 6.45) is 0.455. The van der Waals surface area contributed by atoms with E-state index in [0.717, 1.165) is 12.1 Å². The standard InChI is InChI=1S/C11H12F2N4S/c1-17-9-5-7(13)6(12)4-8(9)16-11(17)18-3-2-10(14)15/h4-5H,2-3H2,1H3,(H3,14,15). The predicted octanol–water partition coefficient (Wildman–Crippen LogP) is 2.27. The van der Waals surface area contributed by atoms with Crippen LogP contribution in [0.1, 0.15) is 6.42 Å². The van der Waals surface area contributed by atoms with E-state index >= 15 is 0 Å². The van der Waals surface area contributed by atoms with Gasteiger partial charge in [-0.15, -0.1) is 0 Å². The van der Waals surface area contributed by atoms with Crippen LogP contribution >= 0.6 is 11.8 Å². The van der Waals surface area contributed by atoms with E-state index in [4.69, 9.17) is 11.1 Å². The van der Waals surface area contributed by atoms with Gasteiger partial charge < -0.3 is 10.3 Å². The summed E-state index contributed by atoms with van der Waals surface area (Å²) in [4.78, 5) is 4.22. The molecule has 0 aliphatic rings. The van der Waals surface area contributed by atoms with Gasteiger partial charge in [0.2, 0.25) is 0 Å². The molecule has 0 bridgehead atoms. The average molecular weight is 270 g/mol. The maximum Gasteiger partial charge on any atom is 0.168 e. The lowest BCUT2D eigenvalue weighted by molar-refractivity contribution is 0.510. The summed E-state index contributed by atoms with van der Waals surface area (Å²) in [7, 11) is 1.74. The van der Waals surface area contributed by atoms with E-state index in [1.165, 1.54) is 11.8 Å². The van der Waals surface area contributed by atoms with E-state index in [2.05, 4.69) is 4.98 Å². The van der Waals surface area contributed by atoms with Gasteiger partial charge in [0.25, 0.3) is 0 Å². The zero-order valence-electron chi connectivity index (χ0n) is 9.70. The van der Waals surface area contributed by atoms with Crippen molar-refractivity contribution in [1.82, 2.24) is 9.55 Å². The van der Waals surface area contributed by atoms with Gasteiger partial charge in [-0.1, -0.05) is 11.8 Å². The average Bonchev–Trinajstić information content (AvgIpc) is 2.57. The van der Waals surface area contributed by atoms with Gasteiger partial charge in [0.1, 0.15) is 0 Å². The van der Waals surface area contributed by atoms with E-state index in [9.17, 15) is 8.78 Å². The van der Waals surface area contributed by atoms with E-state index in [1.54, 1.807) is 11.6 Å². The van der Waals surface area contributed by atoms with Crippen LogP contribution in [0, 0.1) is 17.0 Å².